The van der Waals surface area contributed by atoms with E-state index in [1.54, 1.807) is 6.20 Å². The maximum Gasteiger partial charge on any atom is 0.273 e. The number of benzene rings is 1. The zero-order chi connectivity index (χ0) is 20.1. The van der Waals surface area contributed by atoms with Crippen LogP contribution in [-0.4, -0.2) is 63.9 Å². The van der Waals surface area contributed by atoms with Gasteiger partial charge in [0.2, 0.25) is 5.91 Å². The minimum atomic E-state index is -0.214. The largest absolute Gasteiger partial charge is 0.346 e. The zero-order valence-electron chi connectivity index (χ0n) is 17.0. The molecule has 0 radical (unpaired) electrons. The van der Waals surface area contributed by atoms with Gasteiger partial charge in [-0.15, -0.1) is 17.5 Å². The van der Waals surface area contributed by atoms with E-state index in [1.165, 1.54) is 5.56 Å². The molecule has 4 rings (SSSR count). The summed E-state index contributed by atoms with van der Waals surface area (Å²) in [5.41, 5.74) is 1.51. The van der Waals surface area contributed by atoms with E-state index < -0.39 is 0 Å². The van der Waals surface area contributed by atoms with Gasteiger partial charge in [0.25, 0.3) is 5.91 Å². The first-order valence-corrected chi connectivity index (χ1v) is 10.4. The number of aromatic nitrogens is 3. The summed E-state index contributed by atoms with van der Waals surface area (Å²) in [6, 6.07) is 10.3. The highest BCUT2D eigenvalue weighted by Crippen LogP contribution is 2.17. The van der Waals surface area contributed by atoms with Crippen molar-refractivity contribution in [2.24, 2.45) is 0 Å². The van der Waals surface area contributed by atoms with Crippen molar-refractivity contribution in [2.75, 3.05) is 26.2 Å². The number of likely N-dealkylation sites (tertiary alicyclic amines) is 1. The number of carbonyl (C=O) groups is 2. The lowest BCUT2D eigenvalue weighted by molar-refractivity contribution is -0.130. The second kappa shape index (κ2) is 10.5. The molecule has 8 nitrogen and oxygen atoms in total. The van der Waals surface area contributed by atoms with Crippen LogP contribution in [0.4, 0.5) is 0 Å². The number of aryl methyl sites for hydroxylation is 1. The predicted molar refractivity (Wildman–Crippen MR) is 116 cm³/mol. The lowest BCUT2D eigenvalue weighted by Gasteiger charge is -2.22. The van der Waals surface area contributed by atoms with Crippen LogP contribution in [0.5, 0.6) is 0 Å². The molecule has 2 aliphatic heterocycles. The summed E-state index contributed by atoms with van der Waals surface area (Å²) in [5.74, 6) is -0.0729. The molecule has 0 saturated carbocycles. The number of nitrogens with one attached hydrogen (secondary N) is 2. The summed E-state index contributed by atoms with van der Waals surface area (Å²) in [5, 5.41) is 14.5. The quantitative estimate of drug-likeness (QED) is 0.723. The molecule has 1 aromatic carbocycles. The van der Waals surface area contributed by atoms with E-state index in [0.717, 1.165) is 38.8 Å². The van der Waals surface area contributed by atoms with E-state index in [1.807, 2.05) is 39.9 Å². The van der Waals surface area contributed by atoms with Crippen LogP contribution >= 0.6 is 12.4 Å². The lowest BCUT2D eigenvalue weighted by Crippen LogP contribution is -2.38. The predicted octanol–water partition coefficient (Wildman–Crippen LogP) is 1.59. The number of nitrogens with zero attached hydrogens (tertiary/aromatic N) is 4. The second-order valence-electron chi connectivity index (χ2n) is 7.85. The van der Waals surface area contributed by atoms with Crippen LogP contribution in [0.1, 0.15) is 47.8 Å². The molecule has 30 heavy (non-hydrogen) atoms. The summed E-state index contributed by atoms with van der Waals surface area (Å²) >= 11 is 0. The molecule has 2 amide bonds. The fraction of sp³-hybridized carbons (Fsp3) is 0.524. The van der Waals surface area contributed by atoms with Crippen molar-refractivity contribution >= 4 is 24.2 Å². The fourth-order valence-electron chi connectivity index (χ4n) is 4.05. The Labute approximate surface area is 182 Å². The van der Waals surface area contributed by atoms with E-state index >= 15 is 0 Å². The molecule has 2 aromatic rings. The molecule has 2 aliphatic rings. The van der Waals surface area contributed by atoms with E-state index in [0.29, 0.717) is 31.2 Å². The van der Waals surface area contributed by atoms with Gasteiger partial charge < -0.3 is 15.5 Å². The number of carbonyl (C=O) groups excluding carboxylic acids is 2. The smallest absolute Gasteiger partial charge is 0.273 e. The molecule has 0 spiro atoms. The van der Waals surface area contributed by atoms with Crippen LogP contribution in [0.25, 0.3) is 0 Å². The monoisotopic (exact) mass is 432 g/mol. The molecule has 9 heteroatoms. The highest BCUT2D eigenvalue weighted by molar-refractivity contribution is 5.92. The number of hydrogen-bond donors (Lipinski definition) is 2. The Morgan fingerprint density at radius 2 is 1.90 bits per heavy atom. The molecular formula is C21H29ClN6O2. The van der Waals surface area contributed by atoms with Crippen molar-refractivity contribution in [2.45, 2.75) is 44.2 Å². The fourth-order valence-corrected chi connectivity index (χ4v) is 4.05. The Bertz CT molecular complexity index is 837. The van der Waals surface area contributed by atoms with Gasteiger partial charge in [-0.2, -0.15) is 0 Å². The van der Waals surface area contributed by atoms with Crippen molar-refractivity contribution in [3.05, 3.63) is 47.8 Å². The zero-order valence-corrected chi connectivity index (χ0v) is 17.8. The third kappa shape index (κ3) is 5.58. The first-order chi connectivity index (χ1) is 14.2. The second-order valence-corrected chi connectivity index (χ2v) is 7.85. The minimum absolute atomic E-state index is 0. The maximum atomic E-state index is 12.5. The van der Waals surface area contributed by atoms with Gasteiger partial charge in [0, 0.05) is 25.6 Å². The van der Waals surface area contributed by atoms with Gasteiger partial charge in [0.05, 0.1) is 12.2 Å². The Hall–Kier alpha value is -2.45. The standard InChI is InChI=1S/C21H28N6O2.ClH/c28-20(7-6-16-4-2-1-3-5-16)26-13-10-17(14-26)23-21(29)19-15-27(25-24-19)18-8-11-22-12-9-18;/h1-5,15,17-18,22H,6-14H2,(H,23,29);1H. The Morgan fingerprint density at radius 3 is 2.67 bits per heavy atom. The summed E-state index contributed by atoms with van der Waals surface area (Å²) in [6.45, 7) is 3.16. The molecule has 1 unspecified atom stereocenters. The average molecular weight is 433 g/mol. The molecule has 2 saturated heterocycles. The Balaban J connectivity index is 0.00000256. The van der Waals surface area contributed by atoms with Gasteiger partial charge in [-0.1, -0.05) is 35.5 Å². The molecule has 2 fully saturated rings. The SMILES string of the molecule is Cl.O=C(NC1CCN(C(=O)CCc2ccccc2)C1)c1cn(C2CCNCC2)nn1. The van der Waals surface area contributed by atoms with Crippen molar-refractivity contribution in [1.82, 2.24) is 30.5 Å². The van der Waals surface area contributed by atoms with Crippen LogP contribution < -0.4 is 10.6 Å². The summed E-state index contributed by atoms with van der Waals surface area (Å²) < 4.78 is 1.81. The molecule has 2 N–H and O–H groups in total. The van der Waals surface area contributed by atoms with Gasteiger partial charge in [-0.05, 0) is 44.3 Å². The van der Waals surface area contributed by atoms with Crippen LogP contribution in [0.3, 0.4) is 0 Å². The normalized spacial score (nSPS) is 19.3. The van der Waals surface area contributed by atoms with E-state index in [4.69, 9.17) is 0 Å². The van der Waals surface area contributed by atoms with E-state index in [2.05, 4.69) is 20.9 Å². The molecule has 3 heterocycles. The van der Waals surface area contributed by atoms with Gasteiger partial charge in [-0.25, -0.2) is 4.68 Å². The van der Waals surface area contributed by atoms with Gasteiger partial charge >= 0.3 is 0 Å². The van der Waals surface area contributed by atoms with Crippen molar-refractivity contribution in [1.29, 1.82) is 0 Å². The Morgan fingerprint density at radius 1 is 1.13 bits per heavy atom. The summed E-state index contributed by atoms with van der Waals surface area (Å²) in [6.07, 6.45) is 5.73. The summed E-state index contributed by atoms with van der Waals surface area (Å²) in [7, 11) is 0. The van der Waals surface area contributed by atoms with Crippen LogP contribution in [-0.2, 0) is 11.2 Å². The van der Waals surface area contributed by atoms with Gasteiger partial charge in [0.1, 0.15) is 0 Å². The van der Waals surface area contributed by atoms with Gasteiger partial charge in [-0.3, -0.25) is 9.59 Å². The van der Waals surface area contributed by atoms with Crippen LogP contribution in [0.2, 0.25) is 0 Å². The van der Waals surface area contributed by atoms with E-state index in [-0.39, 0.29) is 30.3 Å². The molecule has 0 aliphatic carbocycles. The van der Waals surface area contributed by atoms with Crippen LogP contribution in [0, 0.1) is 0 Å². The number of amides is 2. The third-order valence-corrected chi connectivity index (χ3v) is 5.77. The van der Waals surface area contributed by atoms with Crippen molar-refractivity contribution in [3.63, 3.8) is 0 Å². The van der Waals surface area contributed by atoms with Gasteiger partial charge in [0.15, 0.2) is 5.69 Å². The molecule has 1 aromatic heterocycles. The number of halogens is 1. The lowest BCUT2D eigenvalue weighted by atomic mass is 10.1. The molecule has 0 bridgehead atoms. The maximum absolute atomic E-state index is 12.5. The molecular weight excluding hydrogens is 404 g/mol. The third-order valence-electron chi connectivity index (χ3n) is 5.77. The Kier molecular flexibility index (Phi) is 7.81. The number of piperidine rings is 1. The number of rotatable bonds is 6. The van der Waals surface area contributed by atoms with Crippen molar-refractivity contribution in [3.8, 4) is 0 Å². The average Bonchev–Trinajstić information content (AvgIpc) is 3.43. The highest BCUT2D eigenvalue weighted by Gasteiger charge is 2.28. The highest BCUT2D eigenvalue weighted by atomic mass is 35.5. The topological polar surface area (TPSA) is 92.2 Å². The molecule has 1 atom stereocenters. The van der Waals surface area contributed by atoms with Crippen molar-refractivity contribution < 1.29 is 9.59 Å². The van der Waals surface area contributed by atoms with E-state index in [9.17, 15) is 9.59 Å². The summed E-state index contributed by atoms with van der Waals surface area (Å²) in [4.78, 5) is 26.9. The molecule has 162 valence electrons. The number of hydrogen-bond acceptors (Lipinski definition) is 5. The minimum Gasteiger partial charge on any atom is -0.346 e. The van der Waals surface area contributed by atoms with Crippen LogP contribution in [0.15, 0.2) is 36.5 Å². The first kappa shape index (κ1) is 22.2. The first-order valence-electron chi connectivity index (χ1n) is 10.4.